The van der Waals surface area contributed by atoms with Gasteiger partial charge in [0, 0.05) is 28.1 Å². The van der Waals surface area contributed by atoms with Gasteiger partial charge in [-0.05, 0) is 55.9 Å². The molecule has 1 aliphatic carbocycles. The van der Waals surface area contributed by atoms with Gasteiger partial charge in [-0.25, -0.2) is 0 Å². The van der Waals surface area contributed by atoms with Crippen LogP contribution < -0.4 is 0 Å². The molecule has 0 N–H and O–H groups in total. The van der Waals surface area contributed by atoms with Crippen LogP contribution in [-0.4, -0.2) is 4.98 Å². The van der Waals surface area contributed by atoms with Crippen molar-refractivity contribution in [2.75, 3.05) is 0 Å². The van der Waals surface area contributed by atoms with E-state index in [4.69, 9.17) is 0 Å². The zero-order valence-corrected chi connectivity index (χ0v) is 14.3. The molecule has 0 bridgehead atoms. The van der Waals surface area contributed by atoms with Crippen molar-refractivity contribution < 1.29 is 0 Å². The average Bonchev–Trinajstić information content (AvgIpc) is 2.73. The van der Waals surface area contributed by atoms with Crippen LogP contribution in [0.4, 0.5) is 0 Å². The van der Waals surface area contributed by atoms with E-state index in [-0.39, 0.29) is 0 Å². The molecule has 0 radical (unpaired) electrons. The summed E-state index contributed by atoms with van der Waals surface area (Å²) in [5.74, 6) is 0. The summed E-state index contributed by atoms with van der Waals surface area (Å²) in [5.41, 5.74) is 3.99. The molecule has 0 fully saturated rings. The SMILES string of the molecule is Cc1ccc(CC(Br)c2cc3c(s2)CCCCC3)nc1. The van der Waals surface area contributed by atoms with Crippen LogP contribution in [0.25, 0.3) is 0 Å². The lowest BCUT2D eigenvalue weighted by atomic mass is 10.1. The van der Waals surface area contributed by atoms with Gasteiger partial charge < -0.3 is 0 Å². The normalized spacial score (nSPS) is 16.5. The van der Waals surface area contributed by atoms with E-state index in [9.17, 15) is 0 Å². The van der Waals surface area contributed by atoms with Gasteiger partial charge in [0.15, 0.2) is 0 Å². The van der Waals surface area contributed by atoms with E-state index in [1.165, 1.54) is 48.2 Å². The van der Waals surface area contributed by atoms with Gasteiger partial charge in [-0.2, -0.15) is 0 Å². The highest BCUT2D eigenvalue weighted by molar-refractivity contribution is 9.09. The number of thiophene rings is 1. The number of aryl methyl sites for hydroxylation is 3. The summed E-state index contributed by atoms with van der Waals surface area (Å²) < 4.78 is 0. The summed E-state index contributed by atoms with van der Waals surface area (Å²) >= 11 is 5.86. The predicted molar refractivity (Wildman–Crippen MR) is 89.9 cm³/mol. The molecule has 0 aliphatic heterocycles. The Balaban J connectivity index is 1.73. The fourth-order valence-corrected chi connectivity index (χ4v) is 4.73. The molecule has 1 aliphatic rings. The number of aromatic nitrogens is 1. The molecular weight excluding hydrogens is 330 g/mol. The van der Waals surface area contributed by atoms with Gasteiger partial charge in [0.2, 0.25) is 0 Å². The fraction of sp³-hybridized carbons (Fsp3) is 0.471. The van der Waals surface area contributed by atoms with Crippen molar-refractivity contribution in [3.05, 3.63) is 51.0 Å². The molecule has 0 amide bonds. The maximum Gasteiger partial charge on any atom is 0.0544 e. The number of fused-ring (bicyclic) bond motifs is 1. The van der Waals surface area contributed by atoms with Gasteiger partial charge in [0.25, 0.3) is 0 Å². The van der Waals surface area contributed by atoms with Gasteiger partial charge in [0.1, 0.15) is 0 Å². The number of nitrogens with zero attached hydrogens (tertiary/aromatic N) is 1. The van der Waals surface area contributed by atoms with Gasteiger partial charge in [-0.3, -0.25) is 4.98 Å². The Morgan fingerprint density at radius 2 is 2.10 bits per heavy atom. The third kappa shape index (κ3) is 3.32. The summed E-state index contributed by atoms with van der Waals surface area (Å²) in [6, 6.07) is 6.72. The lowest BCUT2D eigenvalue weighted by molar-refractivity contribution is 0.712. The van der Waals surface area contributed by atoms with Crippen molar-refractivity contribution in [2.24, 2.45) is 0 Å². The van der Waals surface area contributed by atoms with Crippen LogP contribution in [0.3, 0.4) is 0 Å². The van der Waals surface area contributed by atoms with E-state index in [1.807, 2.05) is 17.5 Å². The number of pyridine rings is 1. The number of hydrogen-bond acceptors (Lipinski definition) is 2. The molecule has 106 valence electrons. The molecule has 3 rings (SSSR count). The highest BCUT2D eigenvalue weighted by Crippen LogP contribution is 2.37. The summed E-state index contributed by atoms with van der Waals surface area (Å²) in [6.45, 7) is 2.08. The van der Waals surface area contributed by atoms with E-state index in [0.29, 0.717) is 4.83 Å². The monoisotopic (exact) mass is 349 g/mol. The van der Waals surface area contributed by atoms with Crippen LogP contribution in [0.5, 0.6) is 0 Å². The van der Waals surface area contributed by atoms with E-state index < -0.39 is 0 Å². The Hall–Kier alpha value is -0.670. The summed E-state index contributed by atoms with van der Waals surface area (Å²) in [6.07, 6.45) is 9.59. The standard InChI is InChI=1S/C17H20BrNS/c1-12-7-8-14(19-11-12)10-15(18)17-9-13-5-3-2-4-6-16(13)20-17/h7-9,11,15H,2-6,10H2,1H3. The molecule has 20 heavy (non-hydrogen) atoms. The predicted octanol–water partition coefficient (Wildman–Crippen LogP) is 5.40. The fourth-order valence-electron chi connectivity index (χ4n) is 2.75. The third-order valence-electron chi connectivity index (χ3n) is 3.94. The van der Waals surface area contributed by atoms with Gasteiger partial charge >= 0.3 is 0 Å². The number of alkyl halides is 1. The Kier molecular flexibility index (Phi) is 4.57. The second-order valence-corrected chi connectivity index (χ2v) is 7.93. The van der Waals surface area contributed by atoms with E-state index >= 15 is 0 Å². The Morgan fingerprint density at radius 1 is 1.25 bits per heavy atom. The average molecular weight is 350 g/mol. The molecule has 0 saturated heterocycles. The molecular formula is C17H20BrNS. The van der Waals surface area contributed by atoms with Crippen LogP contribution in [0.1, 0.15) is 50.7 Å². The number of rotatable bonds is 3. The Labute approximate surface area is 133 Å². The number of hydrogen-bond donors (Lipinski definition) is 0. The molecule has 1 atom stereocenters. The minimum absolute atomic E-state index is 0.398. The number of halogens is 1. The summed E-state index contributed by atoms with van der Waals surface area (Å²) in [7, 11) is 0. The smallest absolute Gasteiger partial charge is 0.0544 e. The molecule has 2 aromatic heterocycles. The topological polar surface area (TPSA) is 12.9 Å². The zero-order chi connectivity index (χ0) is 13.9. The minimum Gasteiger partial charge on any atom is -0.261 e. The van der Waals surface area contributed by atoms with Crippen molar-refractivity contribution in [1.29, 1.82) is 0 Å². The largest absolute Gasteiger partial charge is 0.261 e. The minimum atomic E-state index is 0.398. The van der Waals surface area contributed by atoms with Crippen molar-refractivity contribution in [2.45, 2.75) is 50.3 Å². The lowest BCUT2D eigenvalue weighted by Gasteiger charge is -2.07. The van der Waals surface area contributed by atoms with Crippen molar-refractivity contribution in [1.82, 2.24) is 4.98 Å². The van der Waals surface area contributed by atoms with Crippen molar-refractivity contribution >= 4 is 27.3 Å². The van der Waals surface area contributed by atoms with Crippen LogP contribution in [0.15, 0.2) is 24.4 Å². The highest BCUT2D eigenvalue weighted by atomic mass is 79.9. The van der Waals surface area contributed by atoms with Gasteiger partial charge in [-0.15, -0.1) is 11.3 Å². The molecule has 1 unspecified atom stereocenters. The quantitative estimate of drug-likeness (QED) is 0.534. The van der Waals surface area contributed by atoms with Gasteiger partial charge in [0.05, 0.1) is 4.83 Å². The molecule has 2 heterocycles. The molecule has 0 spiro atoms. The third-order valence-corrected chi connectivity index (χ3v) is 6.41. The first kappa shape index (κ1) is 14.3. The maximum absolute atomic E-state index is 4.52. The lowest BCUT2D eigenvalue weighted by Crippen LogP contribution is -1.96. The first-order valence-corrected chi connectivity index (χ1v) is 9.12. The van der Waals surface area contributed by atoms with Crippen LogP contribution in [0, 0.1) is 6.92 Å². The molecule has 3 heteroatoms. The van der Waals surface area contributed by atoms with E-state index in [0.717, 1.165) is 6.42 Å². The maximum atomic E-state index is 4.52. The molecule has 0 saturated carbocycles. The molecule has 2 aromatic rings. The summed E-state index contributed by atoms with van der Waals surface area (Å²) in [4.78, 5) is 8.01. The van der Waals surface area contributed by atoms with Crippen LogP contribution >= 0.6 is 27.3 Å². The second-order valence-electron chi connectivity index (χ2n) is 5.66. The molecule has 0 aromatic carbocycles. The van der Waals surface area contributed by atoms with E-state index in [1.54, 1.807) is 10.4 Å². The van der Waals surface area contributed by atoms with E-state index in [2.05, 4.69) is 46.0 Å². The highest BCUT2D eigenvalue weighted by Gasteiger charge is 2.17. The molecule has 1 nitrogen and oxygen atoms in total. The second kappa shape index (κ2) is 6.40. The van der Waals surface area contributed by atoms with Gasteiger partial charge in [-0.1, -0.05) is 28.4 Å². The first-order chi connectivity index (χ1) is 9.72. The Bertz CT molecular complexity index is 550. The van der Waals surface area contributed by atoms with Crippen LogP contribution in [-0.2, 0) is 19.3 Å². The summed E-state index contributed by atoms with van der Waals surface area (Å²) in [5, 5.41) is 0. The Morgan fingerprint density at radius 3 is 2.90 bits per heavy atom. The van der Waals surface area contributed by atoms with Crippen molar-refractivity contribution in [3.63, 3.8) is 0 Å². The van der Waals surface area contributed by atoms with Crippen molar-refractivity contribution in [3.8, 4) is 0 Å². The van der Waals surface area contributed by atoms with Crippen LogP contribution in [0.2, 0.25) is 0 Å². The zero-order valence-electron chi connectivity index (χ0n) is 11.9. The first-order valence-electron chi connectivity index (χ1n) is 7.39.